The van der Waals surface area contributed by atoms with Gasteiger partial charge in [-0.2, -0.15) is 0 Å². The molecule has 0 saturated carbocycles. The normalized spacial score (nSPS) is 17.0. The van der Waals surface area contributed by atoms with E-state index < -0.39 is 35.5 Å². The Labute approximate surface area is 142 Å². The molecule has 1 aliphatic rings. The number of hydrogen-bond donors (Lipinski definition) is 1. The van der Waals surface area contributed by atoms with Crippen molar-refractivity contribution in [3.05, 3.63) is 59.2 Å². The summed E-state index contributed by atoms with van der Waals surface area (Å²) in [7, 11) is 0. The van der Waals surface area contributed by atoms with Gasteiger partial charge in [-0.05, 0) is 37.0 Å². The number of halogens is 2. The Bertz CT molecular complexity index is 829. The zero-order chi connectivity index (χ0) is 18.1. The van der Waals surface area contributed by atoms with Gasteiger partial charge in [-0.15, -0.1) is 0 Å². The van der Waals surface area contributed by atoms with Crippen LogP contribution in [0.25, 0.3) is 0 Å². The first-order chi connectivity index (χ1) is 11.9. The maximum Gasteiger partial charge on any atom is 0.275 e. The van der Waals surface area contributed by atoms with Crippen molar-refractivity contribution in [2.45, 2.75) is 31.8 Å². The van der Waals surface area contributed by atoms with Crippen molar-refractivity contribution >= 4 is 11.8 Å². The largest absolute Gasteiger partial charge is 0.368 e. The van der Waals surface area contributed by atoms with Crippen molar-refractivity contribution in [2.75, 3.05) is 0 Å². The summed E-state index contributed by atoms with van der Waals surface area (Å²) in [5, 5.41) is 0. The lowest BCUT2D eigenvalue weighted by Crippen LogP contribution is -2.47. The number of nitrogens with two attached hydrogens (primary N) is 1. The van der Waals surface area contributed by atoms with E-state index in [2.05, 4.69) is 9.97 Å². The minimum atomic E-state index is -0.975. The molecule has 0 unspecified atom stereocenters. The van der Waals surface area contributed by atoms with Crippen LogP contribution in [-0.4, -0.2) is 32.7 Å². The standard InChI is InChI=1S/C17H16F2N4O2/c1-9(16(20)24)23(17(25)14-8-21-4-5-22-14)15-3-2-11-12(15)6-10(18)7-13(11)19/h4-9,15H,2-3H2,1H3,(H2,20,24)/t9-,15-/m1/s1. The number of fused-ring (bicyclic) bond motifs is 1. The molecule has 2 amide bonds. The maximum absolute atomic E-state index is 14.0. The molecular weight excluding hydrogens is 330 g/mol. The molecule has 1 aromatic carbocycles. The number of amides is 2. The Morgan fingerprint density at radius 2 is 2.08 bits per heavy atom. The second kappa shape index (κ2) is 6.54. The van der Waals surface area contributed by atoms with Crippen LogP contribution < -0.4 is 5.73 Å². The molecule has 130 valence electrons. The highest BCUT2D eigenvalue weighted by molar-refractivity contribution is 5.95. The maximum atomic E-state index is 14.0. The zero-order valence-electron chi connectivity index (χ0n) is 13.4. The molecule has 2 atom stereocenters. The van der Waals surface area contributed by atoms with E-state index in [4.69, 9.17) is 5.73 Å². The van der Waals surface area contributed by atoms with E-state index in [9.17, 15) is 18.4 Å². The molecule has 0 saturated heterocycles. The summed E-state index contributed by atoms with van der Waals surface area (Å²) in [5.41, 5.74) is 6.11. The predicted molar refractivity (Wildman–Crippen MR) is 84.3 cm³/mol. The molecule has 2 N–H and O–H groups in total. The van der Waals surface area contributed by atoms with Crippen molar-refractivity contribution in [2.24, 2.45) is 5.73 Å². The van der Waals surface area contributed by atoms with Gasteiger partial charge in [-0.3, -0.25) is 14.6 Å². The lowest BCUT2D eigenvalue weighted by molar-refractivity contribution is -0.122. The fourth-order valence-electron chi connectivity index (χ4n) is 3.18. The van der Waals surface area contributed by atoms with E-state index in [1.54, 1.807) is 0 Å². The van der Waals surface area contributed by atoms with Crippen molar-refractivity contribution in [1.29, 1.82) is 0 Å². The minimum Gasteiger partial charge on any atom is -0.368 e. The number of carbonyl (C=O) groups is 2. The average molecular weight is 346 g/mol. The number of rotatable bonds is 4. The van der Waals surface area contributed by atoms with Gasteiger partial charge in [0.05, 0.1) is 12.2 Å². The lowest BCUT2D eigenvalue weighted by Gasteiger charge is -2.33. The fourth-order valence-corrected chi connectivity index (χ4v) is 3.18. The van der Waals surface area contributed by atoms with E-state index in [1.165, 1.54) is 36.5 Å². The van der Waals surface area contributed by atoms with Crippen LogP contribution >= 0.6 is 0 Å². The van der Waals surface area contributed by atoms with Gasteiger partial charge in [-0.25, -0.2) is 13.8 Å². The minimum absolute atomic E-state index is 0.0286. The number of primary amides is 1. The fraction of sp³-hybridized carbons (Fsp3) is 0.294. The average Bonchev–Trinajstić information content (AvgIpc) is 2.99. The lowest BCUT2D eigenvalue weighted by atomic mass is 10.0. The summed E-state index contributed by atoms with van der Waals surface area (Å²) in [5.74, 6) is -2.68. The summed E-state index contributed by atoms with van der Waals surface area (Å²) >= 11 is 0. The molecular formula is C17H16F2N4O2. The first kappa shape index (κ1) is 16.9. The summed E-state index contributed by atoms with van der Waals surface area (Å²) in [6, 6.07) is 0.364. The van der Waals surface area contributed by atoms with Gasteiger partial charge >= 0.3 is 0 Å². The highest BCUT2D eigenvalue weighted by Crippen LogP contribution is 2.39. The van der Waals surface area contributed by atoms with Crippen molar-refractivity contribution in [1.82, 2.24) is 14.9 Å². The van der Waals surface area contributed by atoms with Crippen LogP contribution in [0.5, 0.6) is 0 Å². The summed E-state index contributed by atoms with van der Waals surface area (Å²) in [4.78, 5) is 33.6. The quantitative estimate of drug-likeness (QED) is 0.913. The molecule has 0 bridgehead atoms. The molecule has 3 rings (SSSR count). The Balaban J connectivity index is 2.06. The van der Waals surface area contributed by atoms with Crippen molar-refractivity contribution in [3.8, 4) is 0 Å². The van der Waals surface area contributed by atoms with Gasteiger partial charge in [0.2, 0.25) is 5.91 Å². The van der Waals surface area contributed by atoms with E-state index in [-0.39, 0.29) is 5.69 Å². The topological polar surface area (TPSA) is 89.2 Å². The van der Waals surface area contributed by atoms with Gasteiger partial charge in [-0.1, -0.05) is 0 Å². The van der Waals surface area contributed by atoms with Crippen molar-refractivity contribution < 1.29 is 18.4 Å². The first-order valence-corrected chi connectivity index (χ1v) is 7.76. The van der Waals surface area contributed by atoms with Crippen LogP contribution in [0.3, 0.4) is 0 Å². The van der Waals surface area contributed by atoms with Gasteiger partial charge < -0.3 is 10.6 Å². The number of hydrogen-bond acceptors (Lipinski definition) is 4. The highest BCUT2D eigenvalue weighted by atomic mass is 19.1. The predicted octanol–water partition coefficient (Wildman–Crippen LogP) is 1.76. The molecule has 0 radical (unpaired) electrons. The van der Waals surface area contributed by atoms with Crippen LogP contribution in [0, 0.1) is 11.6 Å². The summed E-state index contributed by atoms with van der Waals surface area (Å²) in [6.07, 6.45) is 4.72. The number of aromatic nitrogens is 2. The molecule has 6 nitrogen and oxygen atoms in total. The molecule has 1 aromatic heterocycles. The highest BCUT2D eigenvalue weighted by Gasteiger charge is 2.38. The number of carbonyl (C=O) groups excluding carboxylic acids is 2. The third-order valence-electron chi connectivity index (χ3n) is 4.40. The third-order valence-corrected chi connectivity index (χ3v) is 4.40. The van der Waals surface area contributed by atoms with Gasteiger partial charge in [0.1, 0.15) is 23.4 Å². The molecule has 25 heavy (non-hydrogen) atoms. The summed E-state index contributed by atoms with van der Waals surface area (Å²) in [6.45, 7) is 1.48. The van der Waals surface area contributed by atoms with Gasteiger partial charge in [0.15, 0.2) is 0 Å². The first-order valence-electron chi connectivity index (χ1n) is 7.76. The Morgan fingerprint density at radius 1 is 1.32 bits per heavy atom. The van der Waals surface area contributed by atoms with Crippen LogP contribution in [-0.2, 0) is 11.2 Å². The van der Waals surface area contributed by atoms with Crippen LogP contribution in [0.15, 0.2) is 30.7 Å². The molecule has 1 aliphatic carbocycles. The molecule has 0 spiro atoms. The number of nitrogens with zero attached hydrogens (tertiary/aromatic N) is 3. The van der Waals surface area contributed by atoms with Crippen LogP contribution in [0.2, 0.25) is 0 Å². The number of benzene rings is 1. The van der Waals surface area contributed by atoms with Crippen molar-refractivity contribution in [3.63, 3.8) is 0 Å². The molecule has 0 aliphatic heterocycles. The second-order valence-electron chi connectivity index (χ2n) is 5.89. The SMILES string of the molecule is C[C@H](C(N)=O)N(C(=O)c1cnccn1)[C@@H]1CCc2c(F)cc(F)cc21. The van der Waals surface area contributed by atoms with E-state index in [0.717, 1.165) is 6.07 Å². The molecule has 2 aromatic rings. The summed E-state index contributed by atoms with van der Waals surface area (Å²) < 4.78 is 27.7. The second-order valence-corrected chi connectivity index (χ2v) is 5.89. The van der Waals surface area contributed by atoms with E-state index >= 15 is 0 Å². The van der Waals surface area contributed by atoms with E-state index in [0.29, 0.717) is 24.0 Å². The van der Waals surface area contributed by atoms with Gasteiger partial charge in [0, 0.05) is 18.5 Å². The molecule has 8 heteroatoms. The molecule has 0 fully saturated rings. The Hall–Kier alpha value is -2.90. The smallest absolute Gasteiger partial charge is 0.275 e. The van der Waals surface area contributed by atoms with Gasteiger partial charge in [0.25, 0.3) is 5.91 Å². The third kappa shape index (κ3) is 3.07. The monoisotopic (exact) mass is 346 g/mol. The Morgan fingerprint density at radius 3 is 2.72 bits per heavy atom. The Kier molecular flexibility index (Phi) is 4.43. The molecule has 1 heterocycles. The zero-order valence-corrected chi connectivity index (χ0v) is 13.4. The van der Waals surface area contributed by atoms with Crippen LogP contribution in [0.4, 0.5) is 8.78 Å². The van der Waals surface area contributed by atoms with E-state index in [1.807, 2.05) is 0 Å². The van der Waals surface area contributed by atoms with Crippen LogP contribution in [0.1, 0.15) is 41.0 Å².